The summed E-state index contributed by atoms with van der Waals surface area (Å²) in [5.41, 5.74) is 0.0926. The van der Waals surface area contributed by atoms with Gasteiger partial charge < -0.3 is 19.5 Å². The SMILES string of the molecule is COc1cc(C(=O)Nc2ccc(F)c(S(=O)(=O)O)c2)cc(OC)c1OC. The number of carbonyl (C=O) groups is 1. The topological polar surface area (TPSA) is 111 Å². The molecular weight excluding hydrogens is 369 g/mol. The van der Waals surface area contributed by atoms with Crippen LogP contribution in [0.15, 0.2) is 35.2 Å². The average molecular weight is 385 g/mol. The van der Waals surface area contributed by atoms with E-state index in [1.165, 1.54) is 33.5 Å². The summed E-state index contributed by atoms with van der Waals surface area (Å²) in [5.74, 6) is -0.998. The van der Waals surface area contributed by atoms with Crippen LogP contribution in [0.3, 0.4) is 0 Å². The fourth-order valence-electron chi connectivity index (χ4n) is 2.19. The smallest absolute Gasteiger partial charge is 0.297 e. The number of hydrogen-bond acceptors (Lipinski definition) is 6. The molecule has 0 bridgehead atoms. The van der Waals surface area contributed by atoms with Crippen molar-refractivity contribution in [1.29, 1.82) is 0 Å². The molecule has 0 aromatic heterocycles. The molecule has 10 heteroatoms. The second-order valence-corrected chi connectivity index (χ2v) is 6.38. The molecule has 2 aromatic carbocycles. The van der Waals surface area contributed by atoms with Crippen LogP contribution in [0.1, 0.15) is 10.4 Å². The van der Waals surface area contributed by atoms with Gasteiger partial charge in [0, 0.05) is 11.3 Å². The molecule has 0 aliphatic carbocycles. The average Bonchev–Trinajstić information content (AvgIpc) is 2.60. The molecule has 0 unspecified atom stereocenters. The number of nitrogens with one attached hydrogen (secondary N) is 1. The lowest BCUT2D eigenvalue weighted by molar-refractivity contribution is 0.102. The number of carbonyl (C=O) groups excluding carboxylic acids is 1. The van der Waals surface area contributed by atoms with Gasteiger partial charge in [0.15, 0.2) is 11.5 Å². The molecule has 8 nitrogen and oxygen atoms in total. The monoisotopic (exact) mass is 385 g/mol. The minimum atomic E-state index is -4.77. The highest BCUT2D eigenvalue weighted by Gasteiger charge is 2.19. The zero-order chi connectivity index (χ0) is 19.5. The van der Waals surface area contributed by atoms with E-state index in [1.807, 2.05) is 0 Å². The maximum atomic E-state index is 13.5. The van der Waals surface area contributed by atoms with E-state index in [4.69, 9.17) is 18.8 Å². The van der Waals surface area contributed by atoms with Gasteiger partial charge in [-0.1, -0.05) is 0 Å². The summed E-state index contributed by atoms with van der Waals surface area (Å²) in [7, 11) is -0.585. The van der Waals surface area contributed by atoms with Gasteiger partial charge in [-0.3, -0.25) is 9.35 Å². The Hall–Kier alpha value is -2.85. The van der Waals surface area contributed by atoms with E-state index in [9.17, 15) is 17.6 Å². The highest BCUT2D eigenvalue weighted by Crippen LogP contribution is 2.38. The van der Waals surface area contributed by atoms with Crippen LogP contribution in [0.5, 0.6) is 17.2 Å². The molecule has 140 valence electrons. The molecule has 26 heavy (non-hydrogen) atoms. The van der Waals surface area contributed by atoms with E-state index < -0.39 is 26.7 Å². The maximum absolute atomic E-state index is 13.5. The Labute approximate surface area is 149 Å². The number of anilines is 1. The molecule has 0 spiro atoms. The van der Waals surface area contributed by atoms with Gasteiger partial charge in [0.2, 0.25) is 5.75 Å². The first-order valence-electron chi connectivity index (χ1n) is 7.09. The highest BCUT2D eigenvalue weighted by atomic mass is 32.2. The number of hydrogen-bond donors (Lipinski definition) is 2. The summed E-state index contributed by atoms with van der Waals surface area (Å²) in [6, 6.07) is 5.56. The van der Waals surface area contributed by atoms with Crippen molar-refractivity contribution in [1.82, 2.24) is 0 Å². The first-order valence-corrected chi connectivity index (χ1v) is 8.53. The van der Waals surface area contributed by atoms with Crippen LogP contribution in [0.4, 0.5) is 10.1 Å². The van der Waals surface area contributed by atoms with Gasteiger partial charge in [0.25, 0.3) is 16.0 Å². The Bertz CT molecular complexity index is 919. The summed E-state index contributed by atoms with van der Waals surface area (Å²) < 4.78 is 60.3. The van der Waals surface area contributed by atoms with Crippen molar-refractivity contribution in [2.24, 2.45) is 0 Å². The van der Waals surface area contributed by atoms with Gasteiger partial charge >= 0.3 is 0 Å². The summed E-state index contributed by atoms with van der Waals surface area (Å²) in [6.07, 6.45) is 0. The zero-order valence-electron chi connectivity index (χ0n) is 14.1. The second kappa shape index (κ2) is 7.58. The number of benzene rings is 2. The number of amides is 1. The predicted octanol–water partition coefficient (Wildman–Crippen LogP) is 2.35. The molecule has 0 fully saturated rings. The molecular formula is C16H16FNO7S. The molecule has 0 saturated carbocycles. The van der Waals surface area contributed by atoms with Crippen molar-refractivity contribution < 1.29 is 36.4 Å². The van der Waals surface area contributed by atoms with E-state index >= 15 is 0 Å². The Morgan fingerprint density at radius 1 is 1.04 bits per heavy atom. The lowest BCUT2D eigenvalue weighted by Gasteiger charge is -2.14. The minimum absolute atomic E-state index is 0.0298. The molecule has 0 atom stereocenters. The van der Waals surface area contributed by atoms with Crippen molar-refractivity contribution in [3.8, 4) is 17.2 Å². The molecule has 0 radical (unpaired) electrons. The van der Waals surface area contributed by atoms with Crippen molar-refractivity contribution >= 4 is 21.7 Å². The quantitative estimate of drug-likeness (QED) is 0.734. The Morgan fingerprint density at radius 3 is 2.08 bits per heavy atom. The predicted molar refractivity (Wildman–Crippen MR) is 90.3 cm³/mol. The van der Waals surface area contributed by atoms with E-state index in [2.05, 4.69) is 5.32 Å². The van der Waals surface area contributed by atoms with Crippen molar-refractivity contribution in [3.63, 3.8) is 0 Å². The van der Waals surface area contributed by atoms with E-state index in [-0.39, 0.29) is 22.7 Å². The van der Waals surface area contributed by atoms with Crippen LogP contribution in [-0.4, -0.2) is 40.2 Å². The van der Waals surface area contributed by atoms with Crippen LogP contribution in [-0.2, 0) is 10.1 Å². The number of rotatable bonds is 6. The molecule has 0 aliphatic heterocycles. The Kier molecular flexibility index (Phi) is 5.68. The maximum Gasteiger partial charge on any atom is 0.297 e. The first-order chi connectivity index (χ1) is 12.2. The van der Waals surface area contributed by atoms with Crippen LogP contribution in [0.25, 0.3) is 0 Å². The normalized spacial score (nSPS) is 11.0. The van der Waals surface area contributed by atoms with Gasteiger partial charge in [0.05, 0.1) is 21.3 Å². The fraction of sp³-hybridized carbons (Fsp3) is 0.188. The number of ether oxygens (including phenoxy) is 3. The lowest BCUT2D eigenvalue weighted by Crippen LogP contribution is -2.13. The second-order valence-electron chi connectivity index (χ2n) is 4.99. The number of halogens is 1. The highest BCUT2D eigenvalue weighted by molar-refractivity contribution is 7.85. The number of methoxy groups -OCH3 is 3. The third kappa shape index (κ3) is 4.03. The van der Waals surface area contributed by atoms with Crippen molar-refractivity contribution in [2.75, 3.05) is 26.6 Å². The Balaban J connectivity index is 2.39. The van der Waals surface area contributed by atoms with Crippen molar-refractivity contribution in [3.05, 3.63) is 41.7 Å². The summed E-state index contributed by atoms with van der Waals surface area (Å²) in [5, 5.41) is 2.40. The molecule has 0 heterocycles. The summed E-state index contributed by atoms with van der Waals surface area (Å²) in [4.78, 5) is 11.5. The molecule has 0 aliphatic rings. The van der Waals surface area contributed by atoms with Crippen LogP contribution in [0, 0.1) is 5.82 Å². The third-order valence-electron chi connectivity index (χ3n) is 3.39. The van der Waals surface area contributed by atoms with Gasteiger partial charge in [-0.15, -0.1) is 0 Å². The van der Waals surface area contributed by atoms with Gasteiger partial charge in [-0.05, 0) is 30.3 Å². The molecule has 1 amide bonds. The lowest BCUT2D eigenvalue weighted by atomic mass is 10.1. The van der Waals surface area contributed by atoms with E-state index in [1.54, 1.807) is 0 Å². The van der Waals surface area contributed by atoms with E-state index in [0.717, 1.165) is 18.2 Å². The standard InChI is InChI=1S/C16H16FNO7S/c1-23-12-6-9(7-13(24-2)15(12)25-3)16(19)18-10-4-5-11(17)14(8-10)26(20,21)22/h4-8H,1-3H3,(H,18,19)(H,20,21,22). The van der Waals surface area contributed by atoms with Crippen molar-refractivity contribution in [2.45, 2.75) is 4.90 Å². The Morgan fingerprint density at radius 2 is 1.62 bits per heavy atom. The minimum Gasteiger partial charge on any atom is -0.493 e. The third-order valence-corrected chi connectivity index (χ3v) is 4.26. The summed E-state index contributed by atoms with van der Waals surface area (Å²) >= 11 is 0. The largest absolute Gasteiger partial charge is 0.493 e. The summed E-state index contributed by atoms with van der Waals surface area (Å²) in [6.45, 7) is 0. The zero-order valence-corrected chi connectivity index (χ0v) is 14.9. The van der Waals surface area contributed by atoms with Gasteiger partial charge in [0.1, 0.15) is 10.7 Å². The van der Waals surface area contributed by atoms with E-state index in [0.29, 0.717) is 5.75 Å². The molecule has 2 N–H and O–H groups in total. The molecule has 2 aromatic rings. The van der Waals surface area contributed by atoms with Crippen LogP contribution in [0.2, 0.25) is 0 Å². The van der Waals surface area contributed by atoms with Gasteiger partial charge in [-0.2, -0.15) is 8.42 Å². The fourth-order valence-corrected chi connectivity index (χ4v) is 2.78. The molecule has 2 rings (SSSR count). The first kappa shape index (κ1) is 19.5. The van der Waals surface area contributed by atoms with Gasteiger partial charge in [-0.25, -0.2) is 4.39 Å². The van der Waals surface area contributed by atoms with Crippen LogP contribution < -0.4 is 19.5 Å². The van der Waals surface area contributed by atoms with Crippen LogP contribution >= 0.6 is 0 Å². The molecule has 0 saturated heterocycles.